The first-order valence-corrected chi connectivity index (χ1v) is 8.12. The first-order valence-electron chi connectivity index (χ1n) is 8.12. The monoisotopic (exact) mass is 312 g/mol. The van der Waals surface area contributed by atoms with Crippen LogP contribution in [0.15, 0.2) is 42.0 Å². The van der Waals surface area contributed by atoms with E-state index in [1.165, 1.54) is 0 Å². The number of benzene rings is 1. The van der Waals surface area contributed by atoms with Crippen molar-refractivity contribution in [3.63, 3.8) is 0 Å². The minimum absolute atomic E-state index is 0.0900. The van der Waals surface area contributed by atoms with Gasteiger partial charge in [0.15, 0.2) is 0 Å². The lowest BCUT2D eigenvalue weighted by atomic mass is 9.57. The van der Waals surface area contributed by atoms with E-state index in [2.05, 4.69) is 13.0 Å². The number of allylic oxidation sites excluding steroid dienone is 1. The summed E-state index contributed by atoms with van der Waals surface area (Å²) in [5, 5.41) is -0.559. The molecular weight excluding hydrogens is 291 g/mol. The summed E-state index contributed by atoms with van der Waals surface area (Å²) in [5.41, 5.74) is 1.90. The first kappa shape index (κ1) is 15.8. The highest BCUT2D eigenvalue weighted by Crippen LogP contribution is 2.51. The van der Waals surface area contributed by atoms with Crippen molar-refractivity contribution in [1.29, 1.82) is 0 Å². The fourth-order valence-corrected chi connectivity index (χ4v) is 3.34. The van der Waals surface area contributed by atoms with Crippen molar-refractivity contribution >= 4 is 19.8 Å². The zero-order chi connectivity index (χ0) is 16.4. The van der Waals surface area contributed by atoms with Crippen LogP contribution in [0.3, 0.4) is 0 Å². The summed E-state index contributed by atoms with van der Waals surface area (Å²) >= 11 is 0. The van der Waals surface area contributed by atoms with Crippen LogP contribution in [0.25, 0.3) is 0 Å². The second-order valence-electron chi connectivity index (χ2n) is 6.71. The van der Waals surface area contributed by atoms with Gasteiger partial charge in [-0.2, -0.15) is 0 Å². The third-order valence-corrected chi connectivity index (χ3v) is 4.84. The molecule has 0 spiro atoms. The van der Waals surface area contributed by atoms with Gasteiger partial charge in [0.25, 0.3) is 0 Å². The Morgan fingerprint density at radius 3 is 2.87 bits per heavy atom. The van der Waals surface area contributed by atoms with Gasteiger partial charge >= 0.3 is 11.9 Å². The molecule has 1 heterocycles. The summed E-state index contributed by atoms with van der Waals surface area (Å²) in [4.78, 5) is 24.3. The maximum absolute atomic E-state index is 12.2. The molecule has 23 heavy (non-hydrogen) atoms. The van der Waals surface area contributed by atoms with Gasteiger partial charge in [-0.05, 0) is 29.9 Å². The Morgan fingerprint density at radius 2 is 2.13 bits per heavy atom. The van der Waals surface area contributed by atoms with Crippen molar-refractivity contribution in [3.05, 3.63) is 47.5 Å². The smallest absolute Gasteiger partial charge is 0.310 e. The second kappa shape index (κ2) is 6.22. The summed E-state index contributed by atoms with van der Waals surface area (Å²) < 4.78 is 10.8. The number of hydrogen-bond donors (Lipinski definition) is 0. The molecule has 4 nitrogen and oxygen atoms in total. The lowest BCUT2D eigenvalue weighted by molar-refractivity contribution is -0.150. The van der Waals surface area contributed by atoms with Crippen LogP contribution in [0.1, 0.15) is 31.7 Å². The highest BCUT2D eigenvalue weighted by Gasteiger charge is 2.51. The van der Waals surface area contributed by atoms with Crippen molar-refractivity contribution in [2.75, 3.05) is 0 Å². The normalized spacial score (nSPS) is 29.4. The van der Waals surface area contributed by atoms with Crippen LogP contribution in [0.5, 0.6) is 0 Å². The van der Waals surface area contributed by atoms with Gasteiger partial charge in [0.1, 0.15) is 20.6 Å². The Labute approximate surface area is 137 Å². The summed E-state index contributed by atoms with van der Waals surface area (Å²) in [6.07, 6.45) is 3.48. The predicted molar refractivity (Wildman–Crippen MR) is 88.5 cm³/mol. The standard InChI is InChI=1S/C18H21BO4/c1-12-7-8-18(19)14(9-12)15(23-17(18)21)10-16(20)22-11-13-5-3-2-4-6-13/h2-6,9,12,15H,7-8,10-11,19H2,1H3/t12-,15+,18+/m0/s1. The van der Waals surface area contributed by atoms with E-state index in [1.807, 2.05) is 38.2 Å². The third-order valence-electron chi connectivity index (χ3n) is 4.84. The largest absolute Gasteiger partial charge is 0.461 e. The second-order valence-corrected chi connectivity index (χ2v) is 6.71. The number of fused-ring (bicyclic) bond motifs is 1. The van der Waals surface area contributed by atoms with Crippen molar-refractivity contribution in [1.82, 2.24) is 0 Å². The fraction of sp³-hybridized carbons (Fsp3) is 0.444. The Balaban J connectivity index is 1.63. The molecule has 0 radical (unpaired) electrons. The predicted octanol–water partition coefficient (Wildman–Crippen LogP) is 2.19. The van der Waals surface area contributed by atoms with Crippen LogP contribution >= 0.6 is 0 Å². The molecule has 0 unspecified atom stereocenters. The topological polar surface area (TPSA) is 52.6 Å². The quantitative estimate of drug-likeness (QED) is 0.486. The van der Waals surface area contributed by atoms with Gasteiger partial charge in [0.05, 0.1) is 11.7 Å². The lowest BCUT2D eigenvalue weighted by Crippen LogP contribution is -2.26. The molecule has 0 bridgehead atoms. The Hall–Kier alpha value is -2.04. The molecule has 3 rings (SSSR count). The maximum atomic E-state index is 12.2. The van der Waals surface area contributed by atoms with E-state index in [-0.39, 0.29) is 25.0 Å². The third kappa shape index (κ3) is 3.19. The Bertz CT molecular complexity index is 640. The molecule has 3 atom stereocenters. The van der Waals surface area contributed by atoms with Crippen molar-refractivity contribution in [2.45, 2.75) is 44.2 Å². The average molecular weight is 312 g/mol. The zero-order valence-electron chi connectivity index (χ0n) is 13.6. The van der Waals surface area contributed by atoms with Gasteiger partial charge in [0.2, 0.25) is 0 Å². The number of carbonyl (C=O) groups is 2. The number of rotatable bonds is 4. The van der Waals surface area contributed by atoms with E-state index in [1.54, 1.807) is 0 Å². The zero-order valence-corrected chi connectivity index (χ0v) is 13.6. The van der Waals surface area contributed by atoms with Crippen molar-refractivity contribution in [2.24, 2.45) is 5.92 Å². The number of hydrogen-bond acceptors (Lipinski definition) is 4. The van der Waals surface area contributed by atoms with Gasteiger partial charge in [-0.15, -0.1) is 0 Å². The molecule has 1 aliphatic heterocycles. The summed E-state index contributed by atoms with van der Waals surface area (Å²) in [7, 11) is 1.92. The van der Waals surface area contributed by atoms with Crippen LogP contribution in [0.2, 0.25) is 5.31 Å². The maximum Gasteiger partial charge on any atom is 0.310 e. The van der Waals surface area contributed by atoms with Gasteiger partial charge in [-0.1, -0.05) is 43.3 Å². The summed E-state index contributed by atoms with van der Waals surface area (Å²) in [6.45, 7) is 2.37. The molecule has 1 fully saturated rings. The van der Waals surface area contributed by atoms with Gasteiger partial charge in [-0.25, -0.2) is 0 Å². The molecule has 1 aliphatic carbocycles. The highest BCUT2D eigenvalue weighted by molar-refractivity contribution is 6.30. The van der Waals surface area contributed by atoms with E-state index in [0.717, 1.165) is 24.0 Å². The molecule has 1 aromatic rings. The number of ether oxygens (including phenoxy) is 2. The summed E-state index contributed by atoms with van der Waals surface area (Å²) in [6, 6.07) is 9.54. The lowest BCUT2D eigenvalue weighted by Gasteiger charge is -2.29. The van der Waals surface area contributed by atoms with E-state index in [0.29, 0.717) is 5.92 Å². The van der Waals surface area contributed by atoms with Crippen molar-refractivity contribution < 1.29 is 19.1 Å². The molecule has 2 aliphatic rings. The molecule has 120 valence electrons. The van der Waals surface area contributed by atoms with Crippen LogP contribution in [0, 0.1) is 5.92 Å². The van der Waals surface area contributed by atoms with E-state index in [9.17, 15) is 9.59 Å². The summed E-state index contributed by atoms with van der Waals surface area (Å²) in [5.74, 6) is -0.137. The SMILES string of the molecule is B[C@]12CC[C@H](C)C=C1[C@@H](CC(=O)OCc1ccccc1)OC2=O. The molecular formula is C18H21BO4. The Kier molecular flexibility index (Phi) is 4.29. The van der Waals surface area contributed by atoms with E-state index >= 15 is 0 Å². The molecule has 5 heteroatoms. The van der Waals surface area contributed by atoms with Crippen LogP contribution in [0.4, 0.5) is 0 Å². The van der Waals surface area contributed by atoms with Crippen LogP contribution in [-0.2, 0) is 25.7 Å². The Morgan fingerprint density at radius 1 is 1.39 bits per heavy atom. The molecule has 0 aromatic heterocycles. The first-order chi connectivity index (χ1) is 11.0. The van der Waals surface area contributed by atoms with Crippen molar-refractivity contribution in [3.8, 4) is 0 Å². The minimum Gasteiger partial charge on any atom is -0.461 e. The van der Waals surface area contributed by atoms with Gasteiger partial charge in [-0.3, -0.25) is 9.59 Å². The molecule has 0 saturated carbocycles. The number of esters is 2. The van der Waals surface area contributed by atoms with Crippen LogP contribution in [-0.4, -0.2) is 25.9 Å². The number of carbonyl (C=O) groups excluding carboxylic acids is 2. The highest BCUT2D eigenvalue weighted by atomic mass is 16.6. The fourth-order valence-electron chi connectivity index (χ4n) is 3.34. The minimum atomic E-state index is -0.559. The van der Waals surface area contributed by atoms with Gasteiger partial charge < -0.3 is 9.47 Å². The average Bonchev–Trinajstić information content (AvgIpc) is 2.78. The van der Waals surface area contributed by atoms with E-state index in [4.69, 9.17) is 9.47 Å². The van der Waals surface area contributed by atoms with E-state index < -0.39 is 11.4 Å². The molecule has 0 amide bonds. The molecule has 1 aromatic carbocycles. The van der Waals surface area contributed by atoms with Gasteiger partial charge in [0, 0.05) is 0 Å². The molecule has 1 saturated heterocycles. The number of cyclic esters (lactones) is 1. The van der Waals surface area contributed by atoms with Crippen LogP contribution < -0.4 is 0 Å². The molecule has 0 N–H and O–H groups in total.